The predicted molar refractivity (Wildman–Crippen MR) is 133 cm³/mol. The highest BCUT2D eigenvalue weighted by atomic mass is 16.5. The molecule has 7 nitrogen and oxygen atoms in total. The lowest BCUT2D eigenvalue weighted by molar-refractivity contribution is -0.139. The number of hydrogen-bond donors (Lipinski definition) is 2. The number of hydrogen-bond acceptors (Lipinski definition) is 4. The van der Waals surface area contributed by atoms with Gasteiger partial charge in [-0.2, -0.15) is 0 Å². The van der Waals surface area contributed by atoms with E-state index >= 15 is 0 Å². The van der Waals surface area contributed by atoms with E-state index in [0.29, 0.717) is 31.8 Å². The van der Waals surface area contributed by atoms with Gasteiger partial charge in [-0.3, -0.25) is 9.59 Å². The fraction of sp³-hybridized carbons (Fsp3) is 0.464. The topological polar surface area (TPSA) is 95.9 Å². The first kappa shape index (κ1) is 24.8. The lowest BCUT2D eigenvalue weighted by Crippen LogP contribution is -2.38. The molecule has 2 aliphatic rings. The summed E-state index contributed by atoms with van der Waals surface area (Å²) in [6.07, 6.45) is 2.99. The van der Waals surface area contributed by atoms with Crippen LogP contribution in [0.4, 0.5) is 4.79 Å². The molecule has 2 aromatic rings. The molecule has 186 valence electrons. The summed E-state index contributed by atoms with van der Waals surface area (Å²) >= 11 is 0. The second-order valence-corrected chi connectivity index (χ2v) is 9.67. The van der Waals surface area contributed by atoms with Crippen molar-refractivity contribution in [2.75, 3.05) is 26.2 Å². The molecule has 0 radical (unpaired) electrons. The molecule has 7 heteroatoms. The number of carboxylic acid groups (broad SMARTS) is 1. The third-order valence-corrected chi connectivity index (χ3v) is 6.93. The Balaban J connectivity index is 1.20. The molecule has 2 aliphatic carbocycles. The Kier molecular flexibility index (Phi) is 8.06. The average Bonchev–Trinajstić information content (AvgIpc) is 3.63. The minimum Gasteiger partial charge on any atom is -0.481 e. The van der Waals surface area contributed by atoms with Crippen molar-refractivity contribution in [2.24, 2.45) is 11.8 Å². The maximum atomic E-state index is 12.8. The molecule has 0 heterocycles. The molecule has 0 aromatic heterocycles. The van der Waals surface area contributed by atoms with Gasteiger partial charge in [-0.15, -0.1) is 0 Å². The fourth-order valence-electron chi connectivity index (χ4n) is 4.82. The zero-order valence-electron chi connectivity index (χ0n) is 20.2. The van der Waals surface area contributed by atoms with Crippen LogP contribution in [0.2, 0.25) is 0 Å². The van der Waals surface area contributed by atoms with Gasteiger partial charge in [-0.25, -0.2) is 4.79 Å². The van der Waals surface area contributed by atoms with E-state index in [1.807, 2.05) is 31.2 Å². The van der Waals surface area contributed by atoms with Crippen molar-refractivity contribution in [3.8, 4) is 11.1 Å². The molecule has 1 unspecified atom stereocenters. The van der Waals surface area contributed by atoms with Crippen molar-refractivity contribution in [2.45, 2.75) is 44.9 Å². The summed E-state index contributed by atoms with van der Waals surface area (Å²) in [6.45, 7) is 3.47. The van der Waals surface area contributed by atoms with E-state index < -0.39 is 12.1 Å². The number of carbonyl (C=O) groups excluding carboxylic acids is 2. The summed E-state index contributed by atoms with van der Waals surface area (Å²) < 4.78 is 5.56. The van der Waals surface area contributed by atoms with Crippen LogP contribution in [0.25, 0.3) is 11.1 Å². The minimum atomic E-state index is -0.890. The zero-order chi connectivity index (χ0) is 24.8. The third-order valence-electron chi connectivity index (χ3n) is 6.93. The first-order valence-electron chi connectivity index (χ1n) is 12.5. The van der Waals surface area contributed by atoms with Gasteiger partial charge in [0.25, 0.3) is 0 Å². The molecule has 2 amide bonds. The highest BCUT2D eigenvalue weighted by molar-refractivity contribution is 5.80. The molecule has 0 aliphatic heterocycles. The Morgan fingerprint density at radius 1 is 1.06 bits per heavy atom. The molecule has 0 bridgehead atoms. The van der Waals surface area contributed by atoms with E-state index in [2.05, 4.69) is 29.6 Å². The number of nitrogens with zero attached hydrogens (tertiary/aromatic N) is 1. The van der Waals surface area contributed by atoms with Crippen LogP contribution in [-0.2, 0) is 14.3 Å². The second-order valence-electron chi connectivity index (χ2n) is 9.67. The van der Waals surface area contributed by atoms with E-state index in [-0.39, 0.29) is 37.3 Å². The lowest BCUT2D eigenvalue weighted by Gasteiger charge is -2.25. The molecular weight excluding hydrogens is 444 g/mol. The summed E-state index contributed by atoms with van der Waals surface area (Å²) in [4.78, 5) is 37.8. The Morgan fingerprint density at radius 3 is 2.29 bits per heavy atom. The number of carboxylic acids is 1. The normalized spacial score (nSPS) is 15.1. The van der Waals surface area contributed by atoms with Crippen molar-refractivity contribution in [1.29, 1.82) is 0 Å². The summed E-state index contributed by atoms with van der Waals surface area (Å²) in [5, 5.41) is 11.8. The maximum Gasteiger partial charge on any atom is 0.407 e. The molecule has 2 aromatic carbocycles. The van der Waals surface area contributed by atoms with E-state index in [1.165, 1.54) is 22.3 Å². The summed E-state index contributed by atoms with van der Waals surface area (Å²) in [5.41, 5.74) is 4.73. The SMILES string of the molecule is CC(CCCNC(=O)OCC1c2ccccc2-c2ccccc21)C(=O)N(CCC(=O)O)CC1CC1. The van der Waals surface area contributed by atoms with Crippen LogP contribution in [0.5, 0.6) is 0 Å². The predicted octanol–water partition coefficient (Wildman–Crippen LogP) is 4.65. The van der Waals surface area contributed by atoms with Gasteiger partial charge >= 0.3 is 12.1 Å². The molecule has 35 heavy (non-hydrogen) atoms. The molecule has 1 fully saturated rings. The zero-order valence-corrected chi connectivity index (χ0v) is 20.2. The summed E-state index contributed by atoms with van der Waals surface area (Å²) in [5.74, 6) is -0.575. The standard InChI is InChI=1S/C28H34N2O5/c1-19(27(33)30(16-14-26(31)32)17-20-12-13-20)7-6-15-29-28(34)35-18-25-23-10-4-2-8-21(23)22-9-3-5-11-24(22)25/h2-5,8-11,19-20,25H,6-7,12-18H2,1H3,(H,29,34)(H,31,32). The maximum absolute atomic E-state index is 12.8. The van der Waals surface area contributed by atoms with Crippen molar-refractivity contribution in [1.82, 2.24) is 10.2 Å². The smallest absolute Gasteiger partial charge is 0.407 e. The van der Waals surface area contributed by atoms with Gasteiger partial charge in [0.1, 0.15) is 6.61 Å². The molecule has 4 rings (SSSR count). The monoisotopic (exact) mass is 478 g/mol. The summed E-state index contributed by atoms with van der Waals surface area (Å²) in [7, 11) is 0. The Morgan fingerprint density at radius 2 is 1.69 bits per heavy atom. The largest absolute Gasteiger partial charge is 0.481 e. The van der Waals surface area contributed by atoms with Gasteiger partial charge < -0.3 is 20.1 Å². The molecule has 1 saturated carbocycles. The number of aliphatic carboxylic acids is 1. The number of benzene rings is 2. The Labute approximate surface area is 206 Å². The van der Waals surface area contributed by atoms with E-state index in [9.17, 15) is 14.4 Å². The number of amides is 2. The quantitative estimate of drug-likeness (QED) is 0.433. The van der Waals surface area contributed by atoms with Crippen LogP contribution < -0.4 is 5.32 Å². The van der Waals surface area contributed by atoms with E-state index in [0.717, 1.165) is 12.8 Å². The molecular formula is C28H34N2O5. The lowest BCUT2D eigenvalue weighted by atomic mass is 9.98. The second kappa shape index (κ2) is 11.4. The first-order chi connectivity index (χ1) is 16.9. The van der Waals surface area contributed by atoms with Gasteiger partial charge in [0.05, 0.1) is 6.42 Å². The van der Waals surface area contributed by atoms with Crippen LogP contribution in [0.3, 0.4) is 0 Å². The number of nitrogens with one attached hydrogen (secondary N) is 1. The van der Waals surface area contributed by atoms with Crippen LogP contribution >= 0.6 is 0 Å². The minimum absolute atomic E-state index is 0.000657. The molecule has 0 saturated heterocycles. The van der Waals surface area contributed by atoms with E-state index in [1.54, 1.807) is 4.90 Å². The van der Waals surface area contributed by atoms with Crippen LogP contribution in [-0.4, -0.2) is 54.2 Å². The fourth-order valence-corrected chi connectivity index (χ4v) is 4.82. The first-order valence-corrected chi connectivity index (χ1v) is 12.5. The number of rotatable bonds is 12. The Bertz CT molecular complexity index is 1020. The highest BCUT2D eigenvalue weighted by Crippen LogP contribution is 2.44. The van der Waals surface area contributed by atoms with E-state index in [4.69, 9.17) is 9.84 Å². The highest BCUT2D eigenvalue weighted by Gasteiger charge is 2.30. The molecule has 2 N–H and O–H groups in total. The van der Waals surface area contributed by atoms with Gasteiger partial charge in [-0.05, 0) is 53.9 Å². The molecule has 0 spiro atoms. The van der Waals surface area contributed by atoms with Gasteiger partial charge in [-0.1, -0.05) is 55.5 Å². The third kappa shape index (κ3) is 6.41. The Hall–Kier alpha value is -3.35. The number of fused-ring (bicyclic) bond motifs is 3. The average molecular weight is 479 g/mol. The van der Waals surface area contributed by atoms with Crippen LogP contribution in [0.1, 0.15) is 56.1 Å². The van der Waals surface area contributed by atoms with Gasteiger partial charge in [0, 0.05) is 31.5 Å². The van der Waals surface area contributed by atoms with Crippen molar-refractivity contribution in [3.63, 3.8) is 0 Å². The summed E-state index contributed by atoms with van der Waals surface area (Å²) in [6, 6.07) is 16.4. The van der Waals surface area contributed by atoms with Crippen molar-refractivity contribution >= 4 is 18.0 Å². The van der Waals surface area contributed by atoms with Crippen molar-refractivity contribution in [3.05, 3.63) is 59.7 Å². The number of alkyl carbamates (subject to hydrolysis) is 1. The number of carbonyl (C=O) groups is 3. The number of ether oxygens (including phenoxy) is 1. The van der Waals surface area contributed by atoms with Crippen LogP contribution in [0.15, 0.2) is 48.5 Å². The molecule has 1 atom stereocenters. The van der Waals surface area contributed by atoms with Crippen molar-refractivity contribution < 1.29 is 24.2 Å². The van der Waals surface area contributed by atoms with Crippen LogP contribution in [0, 0.1) is 11.8 Å². The van der Waals surface area contributed by atoms with Gasteiger partial charge in [0.2, 0.25) is 5.91 Å². The van der Waals surface area contributed by atoms with Gasteiger partial charge in [0.15, 0.2) is 0 Å².